The van der Waals surface area contributed by atoms with Crippen molar-refractivity contribution < 1.29 is 8.42 Å². The quantitative estimate of drug-likeness (QED) is 0.725. The molecule has 18 heavy (non-hydrogen) atoms. The van der Waals surface area contributed by atoms with Crippen LogP contribution in [0.15, 0.2) is 12.2 Å². The number of hydrogen-bond acceptors (Lipinski definition) is 3. The maximum atomic E-state index is 12.3. The fourth-order valence-corrected chi connectivity index (χ4v) is 3.74. The SMILES string of the molecule is C=C(C)CN(C)S(=O)(=O)N1CCC(CNC)CC1. The summed E-state index contributed by atoms with van der Waals surface area (Å²) >= 11 is 0. The number of piperidine rings is 1. The van der Waals surface area contributed by atoms with Crippen LogP contribution in [0.25, 0.3) is 0 Å². The summed E-state index contributed by atoms with van der Waals surface area (Å²) < 4.78 is 27.5. The van der Waals surface area contributed by atoms with Gasteiger partial charge in [-0.25, -0.2) is 0 Å². The molecule has 0 bridgehead atoms. The molecule has 1 fully saturated rings. The Morgan fingerprint density at radius 3 is 2.44 bits per heavy atom. The molecule has 0 amide bonds. The molecule has 0 spiro atoms. The molecular weight excluding hydrogens is 250 g/mol. The van der Waals surface area contributed by atoms with Gasteiger partial charge in [0.15, 0.2) is 0 Å². The number of nitrogens with one attached hydrogen (secondary N) is 1. The van der Waals surface area contributed by atoms with Gasteiger partial charge in [0.05, 0.1) is 0 Å². The minimum Gasteiger partial charge on any atom is -0.319 e. The second-order valence-corrected chi connectivity index (χ2v) is 7.16. The van der Waals surface area contributed by atoms with E-state index in [0.717, 1.165) is 25.0 Å². The van der Waals surface area contributed by atoms with E-state index in [0.29, 0.717) is 25.6 Å². The van der Waals surface area contributed by atoms with Crippen molar-refractivity contribution in [3.8, 4) is 0 Å². The lowest BCUT2D eigenvalue weighted by atomic mass is 9.98. The van der Waals surface area contributed by atoms with Gasteiger partial charge in [-0.2, -0.15) is 17.0 Å². The van der Waals surface area contributed by atoms with Gasteiger partial charge in [0, 0.05) is 26.7 Å². The van der Waals surface area contributed by atoms with Crippen molar-refractivity contribution in [2.24, 2.45) is 5.92 Å². The fourth-order valence-electron chi connectivity index (χ4n) is 2.29. The minimum atomic E-state index is -3.31. The summed E-state index contributed by atoms with van der Waals surface area (Å²) in [5, 5.41) is 3.15. The van der Waals surface area contributed by atoms with E-state index in [-0.39, 0.29) is 0 Å². The van der Waals surface area contributed by atoms with Crippen LogP contribution in [0.1, 0.15) is 19.8 Å². The van der Waals surface area contributed by atoms with Crippen molar-refractivity contribution in [2.45, 2.75) is 19.8 Å². The van der Waals surface area contributed by atoms with Crippen LogP contribution in [-0.2, 0) is 10.2 Å². The highest BCUT2D eigenvalue weighted by atomic mass is 32.2. The monoisotopic (exact) mass is 275 g/mol. The minimum absolute atomic E-state index is 0.388. The summed E-state index contributed by atoms with van der Waals surface area (Å²) in [4.78, 5) is 0. The predicted octanol–water partition coefficient (Wildman–Crippen LogP) is 0.671. The standard InChI is InChI=1S/C12H25N3O2S/c1-11(2)10-14(4)18(16,17)15-7-5-12(6-8-15)9-13-3/h12-13H,1,5-10H2,2-4H3. The van der Waals surface area contributed by atoms with E-state index in [4.69, 9.17) is 0 Å². The number of rotatable bonds is 6. The third-order valence-corrected chi connectivity index (χ3v) is 5.21. The Balaban J connectivity index is 2.57. The molecule has 6 heteroatoms. The smallest absolute Gasteiger partial charge is 0.282 e. The van der Waals surface area contributed by atoms with E-state index >= 15 is 0 Å². The molecule has 1 saturated heterocycles. The molecule has 1 heterocycles. The summed E-state index contributed by atoms with van der Waals surface area (Å²) in [6.07, 6.45) is 1.86. The number of hydrogen-bond donors (Lipinski definition) is 1. The van der Waals surface area contributed by atoms with Crippen LogP contribution in [0.5, 0.6) is 0 Å². The maximum absolute atomic E-state index is 12.3. The highest BCUT2D eigenvalue weighted by Crippen LogP contribution is 2.20. The number of likely N-dealkylation sites (N-methyl/N-ethyl adjacent to an activating group) is 1. The average molecular weight is 275 g/mol. The molecule has 5 nitrogen and oxygen atoms in total. The second-order valence-electron chi connectivity index (χ2n) is 5.12. The van der Waals surface area contributed by atoms with Crippen LogP contribution in [0.4, 0.5) is 0 Å². The zero-order chi connectivity index (χ0) is 13.8. The van der Waals surface area contributed by atoms with Crippen molar-refractivity contribution in [2.75, 3.05) is 40.3 Å². The summed E-state index contributed by atoms with van der Waals surface area (Å²) in [7, 11) is 0.239. The lowest BCUT2D eigenvalue weighted by molar-refractivity contribution is 0.258. The Morgan fingerprint density at radius 2 is 2.00 bits per heavy atom. The van der Waals surface area contributed by atoms with Crippen LogP contribution < -0.4 is 5.32 Å². The van der Waals surface area contributed by atoms with Crippen LogP contribution in [0.2, 0.25) is 0 Å². The van der Waals surface area contributed by atoms with Crippen LogP contribution in [0, 0.1) is 5.92 Å². The lowest BCUT2D eigenvalue weighted by Crippen LogP contribution is -2.46. The Labute approximate surface area is 111 Å². The van der Waals surface area contributed by atoms with Crippen LogP contribution in [0.3, 0.4) is 0 Å². The van der Waals surface area contributed by atoms with Gasteiger partial charge in [-0.3, -0.25) is 0 Å². The molecule has 1 aliphatic heterocycles. The normalized spacial score (nSPS) is 19.3. The molecule has 0 saturated carbocycles. The zero-order valence-electron chi connectivity index (χ0n) is 11.6. The predicted molar refractivity (Wildman–Crippen MR) is 74.6 cm³/mol. The van der Waals surface area contributed by atoms with Gasteiger partial charge in [-0.15, -0.1) is 0 Å². The number of nitrogens with zero attached hydrogens (tertiary/aromatic N) is 2. The van der Waals surface area contributed by atoms with E-state index in [2.05, 4.69) is 11.9 Å². The third-order valence-electron chi connectivity index (χ3n) is 3.28. The van der Waals surface area contributed by atoms with E-state index in [9.17, 15) is 8.42 Å². The van der Waals surface area contributed by atoms with Gasteiger partial charge >= 0.3 is 0 Å². The first-order valence-electron chi connectivity index (χ1n) is 6.38. The van der Waals surface area contributed by atoms with Crippen molar-refractivity contribution in [1.82, 2.24) is 13.9 Å². The van der Waals surface area contributed by atoms with Gasteiger partial charge in [0.25, 0.3) is 10.2 Å². The van der Waals surface area contributed by atoms with Gasteiger partial charge in [0.2, 0.25) is 0 Å². The largest absolute Gasteiger partial charge is 0.319 e. The Kier molecular flexibility index (Phi) is 5.78. The fraction of sp³-hybridized carbons (Fsp3) is 0.833. The van der Waals surface area contributed by atoms with Crippen molar-refractivity contribution >= 4 is 10.2 Å². The average Bonchev–Trinajstić information content (AvgIpc) is 2.29. The molecule has 0 aromatic heterocycles. The summed E-state index contributed by atoms with van der Waals surface area (Å²) in [5.41, 5.74) is 0.853. The molecule has 0 aromatic rings. The van der Waals surface area contributed by atoms with Gasteiger partial charge < -0.3 is 5.32 Å². The van der Waals surface area contributed by atoms with Crippen molar-refractivity contribution in [3.05, 3.63) is 12.2 Å². The maximum Gasteiger partial charge on any atom is 0.282 e. The second kappa shape index (κ2) is 6.65. The Hall–Kier alpha value is -0.430. The van der Waals surface area contributed by atoms with Gasteiger partial charge in [-0.05, 0) is 39.3 Å². The zero-order valence-corrected chi connectivity index (χ0v) is 12.5. The molecule has 0 atom stereocenters. The first-order chi connectivity index (χ1) is 8.37. The highest BCUT2D eigenvalue weighted by Gasteiger charge is 2.30. The molecule has 1 rings (SSSR count). The molecule has 0 radical (unpaired) electrons. The molecule has 1 N–H and O–H groups in total. The third kappa shape index (κ3) is 4.05. The first kappa shape index (κ1) is 15.6. The van der Waals surface area contributed by atoms with Crippen molar-refractivity contribution in [1.29, 1.82) is 0 Å². The molecule has 0 unspecified atom stereocenters. The van der Waals surface area contributed by atoms with Crippen molar-refractivity contribution in [3.63, 3.8) is 0 Å². The topological polar surface area (TPSA) is 52.7 Å². The van der Waals surface area contributed by atoms with Crippen LogP contribution >= 0.6 is 0 Å². The molecule has 0 aromatic carbocycles. The highest BCUT2D eigenvalue weighted by molar-refractivity contribution is 7.86. The molecule has 106 valence electrons. The van der Waals surface area contributed by atoms with Crippen LogP contribution in [-0.4, -0.2) is 57.3 Å². The Bertz CT molecular complexity index is 373. The molecule has 0 aliphatic carbocycles. The molecular formula is C12H25N3O2S. The summed E-state index contributed by atoms with van der Waals surface area (Å²) in [5.74, 6) is 0.591. The summed E-state index contributed by atoms with van der Waals surface area (Å²) in [6.45, 7) is 8.19. The van der Waals surface area contributed by atoms with Gasteiger partial charge in [-0.1, -0.05) is 12.2 Å². The Morgan fingerprint density at radius 1 is 1.44 bits per heavy atom. The van der Waals surface area contributed by atoms with Gasteiger partial charge in [0.1, 0.15) is 0 Å². The van der Waals surface area contributed by atoms with E-state index in [1.54, 1.807) is 11.4 Å². The molecule has 1 aliphatic rings. The van der Waals surface area contributed by atoms with E-state index in [1.807, 2.05) is 14.0 Å². The lowest BCUT2D eigenvalue weighted by Gasteiger charge is -2.33. The van der Waals surface area contributed by atoms with E-state index < -0.39 is 10.2 Å². The first-order valence-corrected chi connectivity index (χ1v) is 7.78. The summed E-state index contributed by atoms with van der Waals surface area (Å²) in [6, 6.07) is 0. The van der Waals surface area contributed by atoms with E-state index in [1.165, 1.54) is 4.31 Å².